The molecule has 0 N–H and O–H groups in total. The summed E-state index contributed by atoms with van der Waals surface area (Å²) in [7, 11) is 0. The summed E-state index contributed by atoms with van der Waals surface area (Å²) in [6.45, 7) is 6.62. The van der Waals surface area contributed by atoms with Gasteiger partial charge in [-0.3, -0.25) is 9.36 Å². The van der Waals surface area contributed by atoms with E-state index in [1.54, 1.807) is 15.6 Å². The Kier molecular flexibility index (Phi) is 3.13. The quantitative estimate of drug-likeness (QED) is 0.739. The van der Waals surface area contributed by atoms with Gasteiger partial charge in [-0.2, -0.15) is 5.10 Å². The molecular formula is C13H15N5OS. The molecule has 0 saturated heterocycles. The second-order valence-electron chi connectivity index (χ2n) is 4.66. The number of aryl methyl sites for hydroxylation is 2. The van der Waals surface area contributed by atoms with Gasteiger partial charge in [0.05, 0.1) is 17.9 Å². The molecule has 0 saturated carbocycles. The van der Waals surface area contributed by atoms with Crippen molar-refractivity contribution in [1.82, 2.24) is 24.3 Å². The summed E-state index contributed by atoms with van der Waals surface area (Å²) in [6, 6.07) is -0.191. The van der Waals surface area contributed by atoms with E-state index in [4.69, 9.17) is 0 Å². The Morgan fingerprint density at radius 2 is 2.20 bits per heavy atom. The first-order valence-corrected chi connectivity index (χ1v) is 7.34. The molecule has 3 aromatic heterocycles. The van der Waals surface area contributed by atoms with Crippen LogP contribution in [0.5, 0.6) is 0 Å². The first-order chi connectivity index (χ1) is 9.63. The lowest BCUT2D eigenvalue weighted by Crippen LogP contribution is -2.26. The van der Waals surface area contributed by atoms with Crippen molar-refractivity contribution in [3.8, 4) is 0 Å². The Hall–Kier alpha value is -2.02. The fraction of sp³-hybridized carbons (Fsp3) is 0.385. The van der Waals surface area contributed by atoms with Crippen molar-refractivity contribution < 1.29 is 0 Å². The van der Waals surface area contributed by atoms with Gasteiger partial charge >= 0.3 is 0 Å². The first kappa shape index (κ1) is 13.0. The van der Waals surface area contributed by atoms with Gasteiger partial charge in [-0.05, 0) is 31.7 Å². The molecule has 0 spiro atoms. The molecule has 1 atom stereocenters. The molecule has 20 heavy (non-hydrogen) atoms. The molecule has 104 valence electrons. The molecule has 0 fully saturated rings. The Labute approximate surface area is 119 Å². The number of nitrogens with zero attached hydrogens (tertiary/aromatic N) is 5. The minimum absolute atomic E-state index is 0.0220. The topological polar surface area (TPSA) is 65.6 Å². The Morgan fingerprint density at radius 1 is 1.40 bits per heavy atom. The predicted molar refractivity (Wildman–Crippen MR) is 78.1 cm³/mol. The molecule has 3 aromatic rings. The highest BCUT2D eigenvalue weighted by atomic mass is 32.1. The second kappa shape index (κ2) is 4.82. The highest BCUT2D eigenvalue weighted by molar-refractivity contribution is 7.17. The van der Waals surface area contributed by atoms with Crippen LogP contribution in [0.25, 0.3) is 10.2 Å². The van der Waals surface area contributed by atoms with E-state index in [1.165, 1.54) is 17.7 Å². The lowest BCUT2D eigenvalue weighted by molar-refractivity contribution is 0.514. The zero-order valence-corrected chi connectivity index (χ0v) is 12.4. The van der Waals surface area contributed by atoms with Crippen LogP contribution in [0.3, 0.4) is 0 Å². The van der Waals surface area contributed by atoms with Crippen LogP contribution in [-0.2, 0) is 6.54 Å². The van der Waals surface area contributed by atoms with E-state index in [0.717, 1.165) is 23.4 Å². The molecule has 0 aliphatic heterocycles. The summed E-state index contributed by atoms with van der Waals surface area (Å²) in [5, 5.41) is 6.11. The minimum atomic E-state index is -0.191. The standard InChI is InChI=1S/C13H15N5OS/c1-4-18-12(14-6-16-18)9(3)17-7-15-10-8(2)5-20-11(10)13(17)19/h5-7,9H,4H2,1-3H3. The van der Waals surface area contributed by atoms with Crippen LogP contribution in [-0.4, -0.2) is 24.3 Å². The van der Waals surface area contributed by atoms with Crippen LogP contribution in [0.1, 0.15) is 31.3 Å². The lowest BCUT2D eigenvalue weighted by atomic mass is 10.3. The number of fused-ring (bicyclic) bond motifs is 1. The molecule has 3 rings (SSSR count). The molecule has 0 aliphatic carbocycles. The molecule has 3 heterocycles. The van der Waals surface area contributed by atoms with E-state index in [-0.39, 0.29) is 11.6 Å². The Bertz CT molecular complexity index is 816. The van der Waals surface area contributed by atoms with E-state index in [2.05, 4.69) is 15.1 Å². The van der Waals surface area contributed by atoms with E-state index < -0.39 is 0 Å². The van der Waals surface area contributed by atoms with Crippen LogP contribution >= 0.6 is 11.3 Å². The van der Waals surface area contributed by atoms with Gasteiger partial charge in [-0.15, -0.1) is 11.3 Å². The molecule has 0 aliphatic rings. The van der Waals surface area contributed by atoms with E-state index in [1.807, 2.05) is 26.2 Å². The van der Waals surface area contributed by atoms with Crippen molar-refractivity contribution in [1.29, 1.82) is 0 Å². The third-order valence-electron chi connectivity index (χ3n) is 3.42. The van der Waals surface area contributed by atoms with E-state index in [9.17, 15) is 4.79 Å². The van der Waals surface area contributed by atoms with E-state index >= 15 is 0 Å². The summed E-state index contributed by atoms with van der Waals surface area (Å²) in [6.07, 6.45) is 3.12. The number of thiophene rings is 1. The van der Waals surface area contributed by atoms with E-state index in [0.29, 0.717) is 4.70 Å². The highest BCUT2D eigenvalue weighted by Gasteiger charge is 2.18. The largest absolute Gasteiger partial charge is 0.287 e. The predicted octanol–water partition coefficient (Wildman–Crippen LogP) is 1.99. The fourth-order valence-electron chi connectivity index (χ4n) is 2.28. The van der Waals surface area contributed by atoms with Crippen molar-refractivity contribution in [3.63, 3.8) is 0 Å². The third kappa shape index (κ3) is 1.85. The zero-order valence-electron chi connectivity index (χ0n) is 11.6. The van der Waals surface area contributed by atoms with Crippen molar-refractivity contribution in [3.05, 3.63) is 39.8 Å². The van der Waals surface area contributed by atoms with Crippen LogP contribution in [0.4, 0.5) is 0 Å². The van der Waals surface area contributed by atoms with Gasteiger partial charge in [0.2, 0.25) is 0 Å². The van der Waals surface area contributed by atoms with Gasteiger partial charge in [0.1, 0.15) is 16.9 Å². The normalized spacial score (nSPS) is 12.9. The molecular weight excluding hydrogens is 274 g/mol. The van der Waals surface area contributed by atoms with Gasteiger partial charge in [0.25, 0.3) is 5.56 Å². The SMILES string of the molecule is CCn1ncnc1C(C)n1cnc2c(C)csc2c1=O. The lowest BCUT2D eigenvalue weighted by Gasteiger charge is -2.14. The van der Waals surface area contributed by atoms with Crippen molar-refractivity contribution >= 4 is 21.6 Å². The van der Waals surface area contributed by atoms with Gasteiger partial charge < -0.3 is 0 Å². The summed E-state index contributed by atoms with van der Waals surface area (Å²) in [5.41, 5.74) is 1.81. The number of rotatable bonds is 3. The Balaban J connectivity index is 2.15. The molecule has 0 aromatic carbocycles. The fourth-order valence-corrected chi connectivity index (χ4v) is 3.22. The van der Waals surface area contributed by atoms with Crippen LogP contribution in [0.2, 0.25) is 0 Å². The maximum Gasteiger partial charge on any atom is 0.271 e. The van der Waals surface area contributed by atoms with Gasteiger partial charge in [-0.1, -0.05) is 0 Å². The zero-order chi connectivity index (χ0) is 14.3. The van der Waals surface area contributed by atoms with Crippen molar-refractivity contribution in [2.24, 2.45) is 0 Å². The number of aromatic nitrogens is 5. The summed E-state index contributed by atoms with van der Waals surface area (Å²) in [5.74, 6) is 0.768. The monoisotopic (exact) mass is 289 g/mol. The molecule has 7 heteroatoms. The van der Waals surface area contributed by atoms with Crippen LogP contribution in [0, 0.1) is 6.92 Å². The smallest absolute Gasteiger partial charge is 0.271 e. The Morgan fingerprint density at radius 3 is 2.95 bits per heavy atom. The van der Waals surface area contributed by atoms with Crippen LogP contribution in [0.15, 0.2) is 22.8 Å². The molecule has 6 nitrogen and oxygen atoms in total. The molecule has 0 amide bonds. The minimum Gasteiger partial charge on any atom is -0.287 e. The number of hydrogen-bond acceptors (Lipinski definition) is 5. The summed E-state index contributed by atoms with van der Waals surface area (Å²) >= 11 is 1.44. The average Bonchev–Trinajstić information content (AvgIpc) is 3.06. The molecule has 0 radical (unpaired) electrons. The van der Waals surface area contributed by atoms with Crippen LogP contribution < -0.4 is 5.56 Å². The highest BCUT2D eigenvalue weighted by Crippen LogP contribution is 2.21. The maximum absolute atomic E-state index is 12.6. The summed E-state index contributed by atoms with van der Waals surface area (Å²) in [4.78, 5) is 21.2. The summed E-state index contributed by atoms with van der Waals surface area (Å²) < 4.78 is 4.11. The maximum atomic E-state index is 12.6. The van der Waals surface area contributed by atoms with Crippen molar-refractivity contribution in [2.75, 3.05) is 0 Å². The molecule has 1 unspecified atom stereocenters. The molecule has 0 bridgehead atoms. The number of hydrogen-bond donors (Lipinski definition) is 0. The third-order valence-corrected chi connectivity index (χ3v) is 4.49. The average molecular weight is 289 g/mol. The first-order valence-electron chi connectivity index (χ1n) is 6.46. The van der Waals surface area contributed by atoms with Gasteiger partial charge in [-0.25, -0.2) is 14.6 Å². The van der Waals surface area contributed by atoms with Gasteiger partial charge in [0.15, 0.2) is 0 Å². The van der Waals surface area contributed by atoms with Crippen molar-refractivity contribution in [2.45, 2.75) is 33.4 Å². The van der Waals surface area contributed by atoms with Gasteiger partial charge in [0, 0.05) is 6.54 Å². The second-order valence-corrected chi connectivity index (χ2v) is 5.54.